The van der Waals surface area contributed by atoms with Gasteiger partial charge in [-0.15, -0.1) is 0 Å². The number of halogens is 3. The van der Waals surface area contributed by atoms with Gasteiger partial charge < -0.3 is 14.6 Å². The average molecular weight is 285 g/mol. The zero-order valence-corrected chi connectivity index (χ0v) is 10.9. The topological polar surface area (TPSA) is 49.4 Å². The Hall–Kier alpha value is -1.98. The number of carbonyl (C=O) groups excluding carboxylic acids is 1. The van der Waals surface area contributed by atoms with Gasteiger partial charge in [0.05, 0.1) is 5.97 Å². The molecule has 0 aliphatic carbocycles. The lowest BCUT2D eigenvalue weighted by Gasteiger charge is -2.40. The number of alkyl halides is 3. The molecule has 6 heteroatoms. The monoisotopic (exact) mass is 285 g/mol. The van der Waals surface area contributed by atoms with Gasteiger partial charge in [0, 0.05) is 11.1 Å². The lowest BCUT2D eigenvalue weighted by Crippen LogP contribution is -2.55. The first-order valence-electron chi connectivity index (χ1n) is 6.02. The summed E-state index contributed by atoms with van der Waals surface area (Å²) in [5.41, 5.74) is -3.32. The van der Waals surface area contributed by atoms with Gasteiger partial charge in [0.25, 0.3) is 0 Å². The molecule has 0 amide bonds. The Morgan fingerprint density at radius 2 is 1.95 bits per heavy atom. The van der Waals surface area contributed by atoms with E-state index in [1.807, 2.05) is 0 Å². The summed E-state index contributed by atoms with van der Waals surface area (Å²) in [4.78, 5) is 11.2. The first-order valence-corrected chi connectivity index (χ1v) is 6.02. The molecule has 2 rings (SSSR count). The minimum absolute atomic E-state index is 0.0224. The Balaban J connectivity index is 2.80. The molecular formula is C14H12F3O3-. The Labute approximate surface area is 113 Å². The van der Waals surface area contributed by atoms with Crippen molar-refractivity contribution in [3.05, 3.63) is 35.4 Å². The molecule has 1 aliphatic heterocycles. The van der Waals surface area contributed by atoms with Crippen molar-refractivity contribution in [3.63, 3.8) is 0 Å². The van der Waals surface area contributed by atoms with E-state index in [0.29, 0.717) is 12.5 Å². The molecule has 108 valence electrons. The maximum atomic E-state index is 13.3. The summed E-state index contributed by atoms with van der Waals surface area (Å²) in [6.45, 7) is 2.31. The minimum Gasteiger partial charge on any atom is -0.545 e. The van der Waals surface area contributed by atoms with Crippen LogP contribution in [0.15, 0.2) is 29.8 Å². The second kappa shape index (κ2) is 4.54. The van der Waals surface area contributed by atoms with Gasteiger partial charge in [-0.1, -0.05) is 25.1 Å². The Morgan fingerprint density at radius 1 is 1.35 bits per heavy atom. The first-order chi connectivity index (χ1) is 9.22. The van der Waals surface area contributed by atoms with Gasteiger partial charge >= 0.3 is 6.18 Å². The number of aliphatic carboxylic acids is 1. The van der Waals surface area contributed by atoms with Crippen LogP contribution >= 0.6 is 0 Å². The predicted molar refractivity (Wildman–Crippen MR) is 63.7 cm³/mol. The summed E-state index contributed by atoms with van der Waals surface area (Å²) >= 11 is 0. The molecule has 20 heavy (non-hydrogen) atoms. The number of allylic oxidation sites excluding steroid dienone is 1. The van der Waals surface area contributed by atoms with Crippen LogP contribution in [0.1, 0.15) is 25.8 Å². The molecule has 0 bridgehead atoms. The number of benzene rings is 1. The molecule has 1 aromatic rings. The van der Waals surface area contributed by atoms with Crippen LogP contribution in [0.4, 0.5) is 13.2 Å². The molecule has 1 atom stereocenters. The molecule has 0 saturated heterocycles. The number of para-hydroxylation sites is 1. The Kier molecular flexibility index (Phi) is 3.28. The van der Waals surface area contributed by atoms with Crippen molar-refractivity contribution in [1.82, 2.24) is 0 Å². The molecule has 1 heterocycles. The third-order valence-electron chi connectivity index (χ3n) is 3.40. The lowest BCUT2D eigenvalue weighted by molar-refractivity contribution is -0.306. The highest BCUT2D eigenvalue weighted by Crippen LogP contribution is 2.48. The normalized spacial score (nSPS) is 22.2. The van der Waals surface area contributed by atoms with Gasteiger partial charge in [-0.3, -0.25) is 0 Å². The van der Waals surface area contributed by atoms with E-state index in [0.717, 1.165) is 0 Å². The lowest BCUT2D eigenvalue weighted by atomic mass is 9.83. The number of carboxylic acid groups (broad SMARTS) is 1. The molecule has 0 aromatic heterocycles. The van der Waals surface area contributed by atoms with Crippen molar-refractivity contribution in [2.24, 2.45) is 0 Å². The molecule has 0 fully saturated rings. The highest BCUT2D eigenvalue weighted by Gasteiger charge is 2.59. The van der Waals surface area contributed by atoms with Crippen LogP contribution in [0.3, 0.4) is 0 Å². The van der Waals surface area contributed by atoms with Gasteiger partial charge in [-0.05, 0) is 25.0 Å². The number of carbonyl (C=O) groups is 1. The van der Waals surface area contributed by atoms with Gasteiger partial charge in [0.1, 0.15) is 5.75 Å². The van der Waals surface area contributed by atoms with Gasteiger partial charge in [-0.2, -0.15) is 13.2 Å². The van der Waals surface area contributed by atoms with E-state index in [2.05, 4.69) is 0 Å². The summed E-state index contributed by atoms with van der Waals surface area (Å²) in [6.07, 6.45) is -4.73. The fourth-order valence-electron chi connectivity index (χ4n) is 2.38. The van der Waals surface area contributed by atoms with E-state index in [-0.39, 0.29) is 17.7 Å². The summed E-state index contributed by atoms with van der Waals surface area (Å²) < 4.78 is 44.9. The summed E-state index contributed by atoms with van der Waals surface area (Å²) in [5.74, 6) is -1.84. The summed E-state index contributed by atoms with van der Waals surface area (Å²) in [6, 6.07) is 6.07. The van der Waals surface area contributed by atoms with E-state index < -0.39 is 23.3 Å². The zero-order chi connectivity index (χ0) is 15.1. The van der Waals surface area contributed by atoms with E-state index in [1.54, 1.807) is 13.0 Å². The van der Waals surface area contributed by atoms with Crippen molar-refractivity contribution >= 4 is 11.5 Å². The molecule has 0 saturated carbocycles. The third-order valence-corrected chi connectivity index (χ3v) is 3.40. The van der Waals surface area contributed by atoms with Gasteiger partial charge in [0.2, 0.25) is 5.60 Å². The number of hydrogen-bond acceptors (Lipinski definition) is 3. The van der Waals surface area contributed by atoms with Crippen LogP contribution in [0, 0.1) is 0 Å². The maximum Gasteiger partial charge on any atom is 0.432 e. The average Bonchev–Trinajstić information content (AvgIpc) is 2.35. The largest absolute Gasteiger partial charge is 0.545 e. The highest BCUT2D eigenvalue weighted by molar-refractivity contribution is 5.99. The van der Waals surface area contributed by atoms with E-state index in [9.17, 15) is 23.1 Å². The zero-order valence-electron chi connectivity index (χ0n) is 10.9. The van der Waals surface area contributed by atoms with E-state index in [4.69, 9.17) is 4.74 Å². The van der Waals surface area contributed by atoms with Crippen molar-refractivity contribution in [3.8, 4) is 5.75 Å². The maximum absolute atomic E-state index is 13.3. The highest BCUT2D eigenvalue weighted by atomic mass is 19.4. The third kappa shape index (κ3) is 1.95. The van der Waals surface area contributed by atoms with Crippen LogP contribution in [0.5, 0.6) is 5.75 Å². The molecule has 3 nitrogen and oxygen atoms in total. The number of fused-ring (bicyclic) bond motifs is 1. The number of carboxylic acids is 1. The van der Waals surface area contributed by atoms with Gasteiger partial charge in [-0.25, -0.2) is 0 Å². The molecule has 1 aromatic carbocycles. The molecule has 0 N–H and O–H groups in total. The number of hydrogen-bond donors (Lipinski definition) is 0. The molecule has 0 radical (unpaired) electrons. The molecular weight excluding hydrogens is 273 g/mol. The number of rotatable bonds is 2. The molecule has 0 spiro atoms. The summed E-state index contributed by atoms with van der Waals surface area (Å²) in [7, 11) is 0. The second-order valence-corrected chi connectivity index (χ2v) is 4.62. The van der Waals surface area contributed by atoms with Gasteiger partial charge in [0.15, 0.2) is 0 Å². The van der Waals surface area contributed by atoms with Crippen LogP contribution < -0.4 is 9.84 Å². The Morgan fingerprint density at radius 3 is 2.45 bits per heavy atom. The standard InChI is InChI=1S/C14H13F3O3/c1-3-8-9-6-4-5-7-10(9)20-13(2,14(15,16)17)11(8)12(18)19/h4-7H,3H2,1-2H3,(H,18,19)/p-1. The minimum atomic E-state index is -4.86. The Bertz CT molecular complexity index is 590. The fraction of sp³-hybridized carbons (Fsp3) is 0.357. The van der Waals surface area contributed by atoms with Crippen molar-refractivity contribution in [2.45, 2.75) is 32.0 Å². The smallest absolute Gasteiger partial charge is 0.432 e. The van der Waals surface area contributed by atoms with Crippen LogP contribution in [0.2, 0.25) is 0 Å². The van der Waals surface area contributed by atoms with Crippen molar-refractivity contribution in [2.75, 3.05) is 0 Å². The molecule has 1 unspecified atom stereocenters. The van der Waals surface area contributed by atoms with Crippen molar-refractivity contribution < 1.29 is 27.8 Å². The number of ether oxygens (including phenoxy) is 1. The van der Waals surface area contributed by atoms with E-state index in [1.165, 1.54) is 18.2 Å². The summed E-state index contributed by atoms with van der Waals surface area (Å²) in [5, 5.41) is 11.2. The predicted octanol–water partition coefficient (Wildman–Crippen LogP) is 2.31. The van der Waals surface area contributed by atoms with Crippen LogP contribution in [0.25, 0.3) is 5.57 Å². The van der Waals surface area contributed by atoms with Crippen LogP contribution in [-0.4, -0.2) is 17.7 Å². The second-order valence-electron chi connectivity index (χ2n) is 4.62. The van der Waals surface area contributed by atoms with E-state index >= 15 is 0 Å². The SMILES string of the molecule is CCC1=C(C(=O)[O-])C(C)(C(F)(F)F)Oc2ccccc21. The quantitative estimate of drug-likeness (QED) is 0.838. The molecule has 1 aliphatic rings. The van der Waals surface area contributed by atoms with Crippen molar-refractivity contribution in [1.29, 1.82) is 0 Å². The first kappa shape index (κ1) is 14.4. The fourth-order valence-corrected chi connectivity index (χ4v) is 2.38. The van der Waals surface area contributed by atoms with Crippen LogP contribution in [-0.2, 0) is 4.79 Å².